The predicted octanol–water partition coefficient (Wildman–Crippen LogP) is 3.38. The van der Waals surface area contributed by atoms with Crippen molar-refractivity contribution in [2.45, 2.75) is 43.5 Å². The molecule has 9 heteroatoms. The summed E-state index contributed by atoms with van der Waals surface area (Å²) in [6.45, 7) is 3.29. The van der Waals surface area contributed by atoms with Gasteiger partial charge < -0.3 is 5.32 Å². The Morgan fingerprint density at radius 2 is 2.00 bits per heavy atom. The number of para-hydroxylation sites is 1. The van der Waals surface area contributed by atoms with E-state index in [2.05, 4.69) is 15.5 Å². The van der Waals surface area contributed by atoms with Crippen LogP contribution >= 0.6 is 23.1 Å². The number of anilines is 2. The van der Waals surface area contributed by atoms with Gasteiger partial charge in [-0.2, -0.15) is 0 Å². The summed E-state index contributed by atoms with van der Waals surface area (Å²) in [5.41, 5.74) is 0.981. The molecule has 27 heavy (non-hydrogen) atoms. The molecule has 1 aliphatic carbocycles. The van der Waals surface area contributed by atoms with Gasteiger partial charge in [0.1, 0.15) is 0 Å². The number of benzene rings is 1. The summed E-state index contributed by atoms with van der Waals surface area (Å²) in [6.07, 6.45) is 2.41. The molecule has 142 valence electrons. The fourth-order valence-corrected chi connectivity index (χ4v) is 4.27. The Morgan fingerprint density at radius 1 is 1.26 bits per heavy atom. The smallest absolute Gasteiger partial charge is 0.234 e. The summed E-state index contributed by atoms with van der Waals surface area (Å²) in [7, 11) is 0. The van der Waals surface area contributed by atoms with E-state index in [1.165, 1.54) is 30.0 Å². The van der Waals surface area contributed by atoms with E-state index in [1.54, 1.807) is 29.2 Å². The molecule has 1 aliphatic rings. The SMILES string of the molecule is CCC(=O)N(c1nnc(SCC(=O)Nc2ccccc2C(C)=O)s1)C1CC1. The van der Waals surface area contributed by atoms with E-state index in [0.717, 1.165) is 12.8 Å². The van der Waals surface area contributed by atoms with Crippen LogP contribution in [0.1, 0.15) is 43.5 Å². The van der Waals surface area contributed by atoms with E-state index in [0.29, 0.717) is 27.1 Å². The number of thioether (sulfide) groups is 1. The van der Waals surface area contributed by atoms with Gasteiger partial charge in [0.25, 0.3) is 0 Å². The second-order valence-electron chi connectivity index (χ2n) is 6.14. The van der Waals surface area contributed by atoms with Crippen molar-refractivity contribution < 1.29 is 14.4 Å². The maximum absolute atomic E-state index is 12.2. The van der Waals surface area contributed by atoms with Crippen molar-refractivity contribution in [1.29, 1.82) is 0 Å². The zero-order valence-corrected chi connectivity index (χ0v) is 16.7. The third-order valence-electron chi connectivity index (χ3n) is 3.99. The van der Waals surface area contributed by atoms with E-state index in [4.69, 9.17) is 0 Å². The van der Waals surface area contributed by atoms with E-state index >= 15 is 0 Å². The van der Waals surface area contributed by atoms with Gasteiger partial charge in [0, 0.05) is 18.0 Å². The molecule has 2 amide bonds. The van der Waals surface area contributed by atoms with Gasteiger partial charge in [-0.1, -0.05) is 42.2 Å². The summed E-state index contributed by atoms with van der Waals surface area (Å²) in [5.74, 6) is -0.141. The van der Waals surface area contributed by atoms with Crippen molar-refractivity contribution >= 4 is 51.5 Å². The molecule has 0 unspecified atom stereocenters. The third kappa shape index (κ3) is 4.92. The number of ketones is 1. The Bertz CT molecular complexity index is 864. The molecule has 1 N–H and O–H groups in total. The van der Waals surface area contributed by atoms with Crippen LogP contribution in [-0.2, 0) is 9.59 Å². The van der Waals surface area contributed by atoms with Crippen LogP contribution in [0.2, 0.25) is 0 Å². The lowest BCUT2D eigenvalue weighted by Crippen LogP contribution is -2.32. The van der Waals surface area contributed by atoms with Gasteiger partial charge in [-0.05, 0) is 31.9 Å². The van der Waals surface area contributed by atoms with Crippen molar-refractivity contribution in [3.05, 3.63) is 29.8 Å². The van der Waals surface area contributed by atoms with Crippen LogP contribution in [0.3, 0.4) is 0 Å². The van der Waals surface area contributed by atoms with Gasteiger partial charge in [-0.25, -0.2) is 0 Å². The largest absolute Gasteiger partial charge is 0.325 e. The number of nitrogens with one attached hydrogen (secondary N) is 1. The van der Waals surface area contributed by atoms with Gasteiger partial charge >= 0.3 is 0 Å². The standard InChI is InChI=1S/C18H20N4O3S2/c1-3-16(25)22(12-8-9-12)17-20-21-18(27-17)26-10-15(24)19-14-7-5-4-6-13(14)11(2)23/h4-7,12H,3,8-10H2,1-2H3,(H,19,24). The number of amides is 2. The molecule has 1 aromatic carbocycles. The van der Waals surface area contributed by atoms with Gasteiger partial charge in [0.15, 0.2) is 10.1 Å². The molecule has 0 aliphatic heterocycles. The predicted molar refractivity (Wildman–Crippen MR) is 107 cm³/mol. The van der Waals surface area contributed by atoms with E-state index in [-0.39, 0.29) is 29.4 Å². The molecule has 3 rings (SSSR count). The van der Waals surface area contributed by atoms with Crippen LogP contribution in [0.4, 0.5) is 10.8 Å². The van der Waals surface area contributed by atoms with E-state index in [1.807, 2.05) is 6.92 Å². The highest BCUT2D eigenvalue weighted by Gasteiger charge is 2.35. The first kappa shape index (κ1) is 19.5. The molecule has 0 radical (unpaired) electrons. The van der Waals surface area contributed by atoms with Crippen molar-refractivity contribution in [2.75, 3.05) is 16.0 Å². The van der Waals surface area contributed by atoms with Gasteiger partial charge in [-0.3, -0.25) is 19.3 Å². The molecule has 0 spiro atoms. The number of rotatable bonds is 8. The summed E-state index contributed by atoms with van der Waals surface area (Å²) in [6, 6.07) is 7.14. The number of hydrogen-bond donors (Lipinski definition) is 1. The number of carbonyl (C=O) groups is 3. The lowest BCUT2D eigenvalue weighted by Gasteiger charge is -2.17. The number of nitrogens with zero attached hydrogens (tertiary/aromatic N) is 3. The van der Waals surface area contributed by atoms with Gasteiger partial charge in [0.05, 0.1) is 11.4 Å². The van der Waals surface area contributed by atoms with Crippen LogP contribution in [-0.4, -0.2) is 39.6 Å². The molecule has 1 fully saturated rings. The van der Waals surface area contributed by atoms with E-state index in [9.17, 15) is 14.4 Å². The summed E-state index contributed by atoms with van der Waals surface area (Å²) >= 11 is 2.58. The number of aromatic nitrogens is 2. The maximum Gasteiger partial charge on any atom is 0.234 e. The monoisotopic (exact) mass is 404 g/mol. The molecule has 7 nitrogen and oxygen atoms in total. The quantitative estimate of drug-likeness (QED) is 0.412. The summed E-state index contributed by atoms with van der Waals surface area (Å²) in [4.78, 5) is 37.7. The minimum Gasteiger partial charge on any atom is -0.325 e. The number of Topliss-reactive ketones (excluding diaryl/α,β-unsaturated/α-hetero) is 1. The average molecular weight is 405 g/mol. The van der Waals surface area contributed by atoms with Crippen molar-refractivity contribution in [2.24, 2.45) is 0 Å². The summed E-state index contributed by atoms with van der Waals surface area (Å²) < 4.78 is 0.634. The number of carbonyl (C=O) groups excluding carboxylic acids is 3. The fourth-order valence-electron chi connectivity index (χ4n) is 2.54. The average Bonchev–Trinajstić information content (AvgIpc) is 3.37. The molecular formula is C18H20N4O3S2. The first-order chi connectivity index (χ1) is 13.0. The van der Waals surface area contributed by atoms with Crippen molar-refractivity contribution in [1.82, 2.24) is 10.2 Å². The van der Waals surface area contributed by atoms with Crippen LogP contribution in [0.25, 0.3) is 0 Å². The van der Waals surface area contributed by atoms with Crippen LogP contribution in [0.5, 0.6) is 0 Å². The Hall–Kier alpha value is -2.26. The highest BCUT2D eigenvalue weighted by molar-refractivity contribution is 8.01. The van der Waals surface area contributed by atoms with E-state index < -0.39 is 0 Å². The highest BCUT2D eigenvalue weighted by Crippen LogP contribution is 2.36. The zero-order valence-electron chi connectivity index (χ0n) is 15.1. The first-order valence-electron chi connectivity index (χ1n) is 8.67. The first-order valence-corrected chi connectivity index (χ1v) is 10.5. The molecule has 0 atom stereocenters. The van der Waals surface area contributed by atoms with Gasteiger partial charge in [-0.15, -0.1) is 10.2 Å². The van der Waals surface area contributed by atoms with Crippen LogP contribution in [0.15, 0.2) is 28.6 Å². The molecule has 1 heterocycles. The lowest BCUT2D eigenvalue weighted by atomic mass is 10.1. The number of hydrogen-bond acceptors (Lipinski definition) is 7. The Kier molecular flexibility index (Phi) is 6.22. The van der Waals surface area contributed by atoms with Crippen LogP contribution in [0, 0.1) is 0 Å². The second-order valence-corrected chi connectivity index (χ2v) is 8.32. The Morgan fingerprint density at radius 3 is 2.67 bits per heavy atom. The van der Waals surface area contributed by atoms with Crippen LogP contribution < -0.4 is 10.2 Å². The Labute approximate surface area is 165 Å². The third-order valence-corrected chi connectivity index (χ3v) is 6.05. The second kappa shape index (κ2) is 8.62. The molecular weight excluding hydrogens is 384 g/mol. The highest BCUT2D eigenvalue weighted by atomic mass is 32.2. The van der Waals surface area contributed by atoms with Gasteiger partial charge in [0.2, 0.25) is 16.9 Å². The molecule has 2 aromatic rings. The zero-order chi connectivity index (χ0) is 19.4. The normalized spacial score (nSPS) is 13.3. The maximum atomic E-state index is 12.2. The van der Waals surface area contributed by atoms with Crippen molar-refractivity contribution in [3.8, 4) is 0 Å². The fraction of sp³-hybridized carbons (Fsp3) is 0.389. The minimum absolute atomic E-state index is 0.0452. The minimum atomic E-state index is -0.228. The summed E-state index contributed by atoms with van der Waals surface area (Å²) in [5, 5.41) is 11.6. The lowest BCUT2D eigenvalue weighted by molar-refractivity contribution is -0.118. The topological polar surface area (TPSA) is 92.3 Å². The molecule has 0 saturated heterocycles. The molecule has 0 bridgehead atoms. The molecule has 1 aromatic heterocycles. The molecule has 1 saturated carbocycles. The Balaban J connectivity index is 1.59. The van der Waals surface area contributed by atoms with Crippen molar-refractivity contribution in [3.63, 3.8) is 0 Å².